The highest BCUT2D eigenvalue weighted by atomic mass is 32.2. The van der Waals surface area contributed by atoms with Gasteiger partial charge in [-0.15, -0.1) is 5.10 Å². The van der Waals surface area contributed by atoms with Crippen molar-refractivity contribution in [3.63, 3.8) is 0 Å². The van der Waals surface area contributed by atoms with Crippen molar-refractivity contribution in [3.8, 4) is 0 Å². The molecule has 0 aliphatic rings. The van der Waals surface area contributed by atoms with Crippen molar-refractivity contribution in [2.24, 2.45) is 5.73 Å². The van der Waals surface area contributed by atoms with Crippen LogP contribution in [0.4, 0.5) is 0 Å². The molecule has 0 fully saturated rings. The molecular formula is C12H16N4S. The van der Waals surface area contributed by atoms with Gasteiger partial charge in [0.2, 0.25) is 5.16 Å². The summed E-state index contributed by atoms with van der Waals surface area (Å²) in [6.45, 7) is 4.54. The lowest BCUT2D eigenvalue weighted by atomic mass is 10.1. The molecule has 0 aliphatic heterocycles. The quantitative estimate of drug-likeness (QED) is 0.814. The Kier molecular flexibility index (Phi) is 3.81. The minimum absolute atomic E-state index is 0.199. The second-order valence-electron chi connectivity index (χ2n) is 3.96. The number of rotatable bonds is 4. The number of nitrogens with one attached hydrogen (secondary N) is 1. The number of aryl methyl sites for hydroxylation is 2. The molecule has 90 valence electrons. The van der Waals surface area contributed by atoms with Gasteiger partial charge >= 0.3 is 0 Å². The van der Waals surface area contributed by atoms with Crippen LogP contribution in [0.5, 0.6) is 0 Å². The van der Waals surface area contributed by atoms with Crippen LogP contribution in [0.2, 0.25) is 0 Å². The van der Waals surface area contributed by atoms with Crippen molar-refractivity contribution in [3.05, 3.63) is 41.2 Å². The first-order chi connectivity index (χ1) is 8.19. The van der Waals surface area contributed by atoms with E-state index in [1.54, 1.807) is 11.8 Å². The van der Waals surface area contributed by atoms with E-state index in [0.29, 0.717) is 6.54 Å². The molecule has 1 aromatic carbocycles. The van der Waals surface area contributed by atoms with Gasteiger partial charge < -0.3 is 5.73 Å². The minimum atomic E-state index is 0.199. The lowest BCUT2D eigenvalue weighted by molar-refractivity contribution is 0.913. The minimum Gasteiger partial charge on any atom is -0.329 e. The topological polar surface area (TPSA) is 67.6 Å². The molecule has 0 saturated carbocycles. The number of benzene rings is 1. The first-order valence-electron chi connectivity index (χ1n) is 5.51. The smallest absolute Gasteiger partial charge is 0.209 e. The summed E-state index contributed by atoms with van der Waals surface area (Å²) >= 11 is 1.59. The normalized spacial score (nSPS) is 12.6. The molecule has 1 unspecified atom stereocenters. The van der Waals surface area contributed by atoms with Gasteiger partial charge in [-0.3, -0.25) is 5.10 Å². The van der Waals surface area contributed by atoms with Gasteiger partial charge in [0.05, 0.1) is 0 Å². The van der Waals surface area contributed by atoms with Crippen LogP contribution in [0.3, 0.4) is 0 Å². The Morgan fingerprint density at radius 2 is 2.24 bits per heavy atom. The zero-order valence-electron chi connectivity index (χ0n) is 9.97. The average molecular weight is 248 g/mol. The summed E-state index contributed by atoms with van der Waals surface area (Å²) in [7, 11) is 0. The third kappa shape index (κ3) is 3.08. The van der Waals surface area contributed by atoms with Crippen LogP contribution in [0.15, 0.2) is 29.4 Å². The van der Waals surface area contributed by atoms with E-state index < -0.39 is 0 Å². The van der Waals surface area contributed by atoms with E-state index in [1.807, 2.05) is 6.92 Å². The van der Waals surface area contributed by atoms with Crippen molar-refractivity contribution < 1.29 is 0 Å². The molecule has 1 heterocycles. The van der Waals surface area contributed by atoms with Crippen LogP contribution in [0.25, 0.3) is 0 Å². The van der Waals surface area contributed by atoms with Gasteiger partial charge in [-0.05, 0) is 19.4 Å². The number of H-pyrrole nitrogens is 1. The maximum Gasteiger partial charge on any atom is 0.209 e. The Balaban J connectivity index is 2.16. The second-order valence-corrected chi connectivity index (χ2v) is 5.13. The van der Waals surface area contributed by atoms with Gasteiger partial charge in [-0.1, -0.05) is 41.6 Å². The number of nitrogens with zero attached hydrogens (tertiary/aromatic N) is 2. The fourth-order valence-electron chi connectivity index (χ4n) is 1.62. The first-order valence-corrected chi connectivity index (χ1v) is 6.39. The lowest BCUT2D eigenvalue weighted by Crippen LogP contribution is -2.09. The Morgan fingerprint density at radius 1 is 1.41 bits per heavy atom. The van der Waals surface area contributed by atoms with Gasteiger partial charge in [0.15, 0.2) is 0 Å². The van der Waals surface area contributed by atoms with Crippen molar-refractivity contribution in [1.82, 2.24) is 15.2 Å². The average Bonchev–Trinajstić information content (AvgIpc) is 2.72. The summed E-state index contributed by atoms with van der Waals surface area (Å²) in [4.78, 5) is 4.29. The third-order valence-corrected chi connectivity index (χ3v) is 3.59. The van der Waals surface area contributed by atoms with Crippen LogP contribution in [-0.4, -0.2) is 21.7 Å². The standard InChI is InChI=1S/C12H16N4S/c1-8-4-3-5-10(6-8)11(7-13)17-12-14-9(2)15-16-12/h3-6,11H,7,13H2,1-2H3,(H,14,15,16). The number of hydrogen-bond donors (Lipinski definition) is 2. The van der Waals surface area contributed by atoms with Crippen molar-refractivity contribution in [2.75, 3.05) is 6.54 Å². The number of aromatic nitrogens is 3. The molecule has 1 atom stereocenters. The SMILES string of the molecule is Cc1cccc(C(CN)Sc2n[nH]c(C)n2)c1. The zero-order chi connectivity index (χ0) is 12.3. The molecule has 1 aromatic heterocycles. The molecule has 2 aromatic rings. The van der Waals surface area contributed by atoms with Gasteiger partial charge in [0, 0.05) is 11.8 Å². The van der Waals surface area contributed by atoms with Gasteiger partial charge in [0.25, 0.3) is 0 Å². The van der Waals surface area contributed by atoms with E-state index in [1.165, 1.54) is 11.1 Å². The summed E-state index contributed by atoms with van der Waals surface area (Å²) in [6, 6.07) is 8.39. The van der Waals surface area contributed by atoms with Crippen molar-refractivity contribution >= 4 is 11.8 Å². The van der Waals surface area contributed by atoms with Crippen LogP contribution in [0, 0.1) is 13.8 Å². The Morgan fingerprint density at radius 3 is 2.82 bits per heavy atom. The number of hydrogen-bond acceptors (Lipinski definition) is 4. The van der Waals surface area contributed by atoms with E-state index in [9.17, 15) is 0 Å². The molecule has 4 nitrogen and oxygen atoms in total. The van der Waals surface area contributed by atoms with Crippen LogP contribution in [0.1, 0.15) is 22.2 Å². The number of nitrogens with two attached hydrogens (primary N) is 1. The molecule has 0 radical (unpaired) electrons. The van der Waals surface area contributed by atoms with Crippen LogP contribution >= 0.6 is 11.8 Å². The van der Waals surface area contributed by atoms with Gasteiger partial charge in [-0.25, -0.2) is 4.98 Å². The highest BCUT2D eigenvalue weighted by Crippen LogP contribution is 2.32. The Hall–Kier alpha value is -1.33. The zero-order valence-corrected chi connectivity index (χ0v) is 10.8. The van der Waals surface area contributed by atoms with E-state index in [0.717, 1.165) is 11.0 Å². The maximum absolute atomic E-state index is 5.82. The monoisotopic (exact) mass is 248 g/mol. The van der Waals surface area contributed by atoms with Crippen LogP contribution < -0.4 is 5.73 Å². The Labute approximate surface area is 105 Å². The fraction of sp³-hybridized carbons (Fsp3) is 0.333. The summed E-state index contributed by atoms with van der Waals surface area (Å²) in [6.07, 6.45) is 0. The lowest BCUT2D eigenvalue weighted by Gasteiger charge is -2.13. The van der Waals surface area contributed by atoms with E-state index in [4.69, 9.17) is 5.73 Å². The predicted octanol–water partition coefficient (Wildman–Crippen LogP) is 2.21. The van der Waals surface area contributed by atoms with Crippen molar-refractivity contribution in [2.45, 2.75) is 24.3 Å². The molecule has 0 saturated heterocycles. The molecule has 0 spiro atoms. The molecule has 2 rings (SSSR count). The fourth-order valence-corrected chi connectivity index (χ4v) is 2.55. The van der Waals surface area contributed by atoms with Crippen molar-refractivity contribution in [1.29, 1.82) is 0 Å². The largest absolute Gasteiger partial charge is 0.329 e. The highest BCUT2D eigenvalue weighted by molar-refractivity contribution is 7.99. The molecule has 0 bridgehead atoms. The Bertz CT molecular complexity index is 495. The molecule has 5 heteroatoms. The van der Waals surface area contributed by atoms with Gasteiger partial charge in [-0.2, -0.15) is 0 Å². The van der Waals surface area contributed by atoms with E-state index in [2.05, 4.69) is 46.4 Å². The maximum atomic E-state index is 5.82. The van der Waals surface area contributed by atoms with E-state index >= 15 is 0 Å². The summed E-state index contributed by atoms with van der Waals surface area (Å²) < 4.78 is 0. The molecule has 0 aliphatic carbocycles. The highest BCUT2D eigenvalue weighted by Gasteiger charge is 2.14. The third-order valence-electron chi connectivity index (χ3n) is 2.45. The molecule has 17 heavy (non-hydrogen) atoms. The second kappa shape index (κ2) is 5.33. The first kappa shape index (κ1) is 12.1. The van der Waals surface area contributed by atoms with Crippen LogP contribution in [-0.2, 0) is 0 Å². The summed E-state index contributed by atoms with van der Waals surface area (Å²) in [5, 5.41) is 7.91. The van der Waals surface area contributed by atoms with E-state index in [-0.39, 0.29) is 5.25 Å². The summed E-state index contributed by atoms with van der Waals surface area (Å²) in [5.74, 6) is 0.826. The molecular weight excluding hydrogens is 232 g/mol. The summed E-state index contributed by atoms with van der Waals surface area (Å²) in [5.41, 5.74) is 8.29. The molecule has 0 amide bonds. The molecule has 3 N–H and O–H groups in total. The number of aromatic amines is 1. The predicted molar refractivity (Wildman–Crippen MR) is 70.0 cm³/mol. The number of thioether (sulfide) groups is 1. The van der Waals surface area contributed by atoms with Gasteiger partial charge in [0.1, 0.15) is 5.82 Å².